The molecular formula is C55H86N12O8S2. The van der Waals surface area contributed by atoms with Crippen LogP contribution in [0.2, 0.25) is 0 Å². The number of hydrogen-bond donors (Lipinski definition) is 9. The van der Waals surface area contributed by atoms with Gasteiger partial charge in [-0.3, -0.25) is 29.0 Å². The molecule has 2 aromatic heterocycles. The summed E-state index contributed by atoms with van der Waals surface area (Å²) in [6.45, 7) is 10.4. The van der Waals surface area contributed by atoms with Crippen LogP contribution in [0.3, 0.4) is 0 Å². The Morgan fingerprint density at radius 3 is 1.40 bits per heavy atom. The number of H-pyrrole nitrogens is 2. The first kappa shape index (κ1) is 65.5. The highest BCUT2D eigenvalue weighted by molar-refractivity contribution is 7.98. The molecule has 4 amide bonds. The van der Waals surface area contributed by atoms with E-state index in [4.69, 9.17) is 16.2 Å². The Bertz CT molecular complexity index is 2280. The number of aliphatic carboxylic acids is 1. The van der Waals surface area contributed by atoms with Crippen LogP contribution in [-0.2, 0) is 59.2 Å². The first-order valence-corrected chi connectivity index (χ1v) is 29.2. The van der Waals surface area contributed by atoms with Gasteiger partial charge in [-0.1, -0.05) is 101 Å². The molecule has 8 atom stereocenters. The number of carboxylic acids is 1. The van der Waals surface area contributed by atoms with Gasteiger partial charge in [-0.2, -0.15) is 23.5 Å². The second-order valence-electron chi connectivity index (χ2n) is 19.4. The van der Waals surface area contributed by atoms with Crippen molar-refractivity contribution in [3.8, 4) is 0 Å². The van der Waals surface area contributed by atoms with E-state index in [-0.39, 0.29) is 60.6 Å². The van der Waals surface area contributed by atoms with E-state index in [0.717, 1.165) is 47.5 Å². The molecule has 77 heavy (non-hydrogen) atoms. The fourth-order valence-corrected chi connectivity index (χ4v) is 9.17. The SMILES string of the molecule is CCC(C)C(CN(CCc1ccccc1)CC(=O)NC(CCSC)C(=O)O)NC(=O)[C@@H](N)Cc1cnc[nH]1.CCC(C)C(CN(CCc1ccccc1)CC(=O)NC(CCSC)C(=O)OC)NC(=O)[C@@H](N)Cc1cnc[nH]1. The standard InChI is InChI=1S/C28H44N6O4S.C27H42N6O4S/c1-5-20(2)25(33-27(36)23(29)15-22-16-30-19-31-22)17-34(13-11-21-9-7-6-8-10-21)18-26(35)32-24(12-14-39-4)28(37)38-3;1-4-19(2)24(32-26(35)22(28)14-21-15-29-18-30-21)16-33(12-10-20-8-6-5-7-9-20)17-25(34)31-23(27(36)37)11-13-38-3/h6-10,16,19-20,23-25H,5,11-15,17-18,29H2,1-4H3,(H,30,31)(H,32,35)(H,33,36);5-9,15,18-19,22-24H,4,10-14,16-17,28H2,1-3H3,(H,29,30)(H,31,34)(H,32,35)(H,36,37)/t20?,23-,24?,25?;19?,22-,23?,24?/m00/s1. The maximum atomic E-state index is 13.1. The molecule has 0 aliphatic rings. The van der Waals surface area contributed by atoms with Crippen LogP contribution in [0, 0.1) is 11.8 Å². The molecule has 0 saturated carbocycles. The molecule has 0 bridgehead atoms. The molecule has 0 radical (unpaired) electrons. The number of methoxy groups -OCH3 is 1. The second-order valence-corrected chi connectivity index (χ2v) is 21.4. The number of carbonyl (C=O) groups excluding carboxylic acids is 5. The zero-order chi connectivity index (χ0) is 56.5. The van der Waals surface area contributed by atoms with Crippen LogP contribution in [0.15, 0.2) is 85.7 Å². The molecule has 2 heterocycles. The maximum Gasteiger partial charge on any atom is 0.328 e. The fourth-order valence-electron chi connectivity index (χ4n) is 8.23. The van der Waals surface area contributed by atoms with Crippen molar-refractivity contribution in [2.24, 2.45) is 23.3 Å². The monoisotopic (exact) mass is 1110 g/mol. The molecule has 0 saturated heterocycles. The number of nitrogens with two attached hydrogens (primary N) is 2. The quantitative estimate of drug-likeness (QED) is 0.0295. The fraction of sp³-hybridized carbons (Fsp3) is 0.564. The van der Waals surface area contributed by atoms with Gasteiger partial charge in [0.2, 0.25) is 23.6 Å². The number of nitrogens with zero attached hydrogens (tertiary/aromatic N) is 4. The highest BCUT2D eigenvalue weighted by Gasteiger charge is 2.29. The Kier molecular flexibility index (Phi) is 31.6. The number of hydrogen-bond acceptors (Lipinski definition) is 15. The second kappa shape index (κ2) is 37.1. The number of aromatic amines is 2. The van der Waals surface area contributed by atoms with Crippen molar-refractivity contribution in [3.05, 3.63) is 108 Å². The number of imidazole rings is 2. The largest absolute Gasteiger partial charge is 0.480 e. The summed E-state index contributed by atoms with van der Waals surface area (Å²) in [5.41, 5.74) is 16.2. The van der Waals surface area contributed by atoms with Crippen LogP contribution in [0.25, 0.3) is 0 Å². The highest BCUT2D eigenvalue weighted by Crippen LogP contribution is 2.15. The summed E-state index contributed by atoms with van der Waals surface area (Å²) in [4.78, 5) is 93.8. The molecule has 20 nitrogen and oxygen atoms in total. The van der Waals surface area contributed by atoms with Gasteiger partial charge in [0, 0.05) is 74.9 Å². The minimum absolute atomic E-state index is 0.0267. The minimum atomic E-state index is -1.04. The Balaban J connectivity index is 0.000000405. The minimum Gasteiger partial charge on any atom is -0.480 e. The van der Waals surface area contributed by atoms with E-state index in [2.05, 4.69) is 81.0 Å². The molecule has 0 aliphatic carbocycles. The molecular weight excluding hydrogens is 1020 g/mol. The van der Waals surface area contributed by atoms with Crippen LogP contribution < -0.4 is 32.7 Å². The zero-order valence-electron chi connectivity index (χ0n) is 46.1. The summed E-state index contributed by atoms with van der Waals surface area (Å²) in [7, 11) is 1.32. The van der Waals surface area contributed by atoms with Crippen molar-refractivity contribution in [3.63, 3.8) is 0 Å². The van der Waals surface area contributed by atoms with Crippen molar-refractivity contribution in [2.45, 2.75) is 115 Å². The Labute approximate surface area is 463 Å². The number of nitrogens with one attached hydrogen (secondary N) is 6. The number of thioether (sulfide) groups is 2. The van der Waals surface area contributed by atoms with Gasteiger partial charge in [0.05, 0.1) is 44.9 Å². The number of amides is 4. The van der Waals surface area contributed by atoms with Crippen molar-refractivity contribution in [2.75, 3.05) is 70.4 Å². The number of carboxylic acid groups (broad SMARTS) is 1. The molecule has 426 valence electrons. The summed E-state index contributed by atoms with van der Waals surface area (Å²) >= 11 is 3.14. The summed E-state index contributed by atoms with van der Waals surface area (Å²) in [5.74, 6) is -0.973. The topological polar surface area (TPSA) is 296 Å². The number of carbonyl (C=O) groups is 6. The highest BCUT2D eigenvalue weighted by atomic mass is 32.2. The lowest BCUT2D eigenvalue weighted by Crippen LogP contribution is -2.54. The van der Waals surface area contributed by atoms with E-state index in [1.54, 1.807) is 36.8 Å². The van der Waals surface area contributed by atoms with Gasteiger partial charge >= 0.3 is 11.9 Å². The summed E-state index contributed by atoms with van der Waals surface area (Å²) in [6.07, 6.45) is 14.9. The molecule has 0 aliphatic heterocycles. The summed E-state index contributed by atoms with van der Waals surface area (Å²) < 4.78 is 4.89. The van der Waals surface area contributed by atoms with Gasteiger partial charge < -0.3 is 52.5 Å². The predicted octanol–water partition coefficient (Wildman–Crippen LogP) is 3.44. The van der Waals surface area contributed by atoms with Gasteiger partial charge in [-0.05, 0) is 72.7 Å². The van der Waals surface area contributed by atoms with E-state index >= 15 is 0 Å². The van der Waals surface area contributed by atoms with E-state index in [1.807, 2.05) is 70.8 Å². The first-order chi connectivity index (χ1) is 37.0. The van der Waals surface area contributed by atoms with Gasteiger partial charge in [0.25, 0.3) is 0 Å². The third-order valence-electron chi connectivity index (χ3n) is 13.4. The third kappa shape index (κ3) is 26.0. The Morgan fingerprint density at radius 1 is 0.649 bits per heavy atom. The van der Waals surface area contributed by atoms with Gasteiger partial charge in [-0.25, -0.2) is 19.6 Å². The van der Waals surface area contributed by atoms with Gasteiger partial charge in [0.1, 0.15) is 12.1 Å². The number of aromatic nitrogens is 4. The number of esters is 1. The molecule has 11 N–H and O–H groups in total. The van der Waals surface area contributed by atoms with Crippen molar-refractivity contribution in [1.29, 1.82) is 0 Å². The predicted molar refractivity (Wildman–Crippen MR) is 306 cm³/mol. The average Bonchev–Trinajstić information content (AvgIpc) is 4.16. The molecule has 6 unspecified atom stereocenters. The molecule has 0 fully saturated rings. The lowest BCUT2D eigenvalue weighted by Gasteiger charge is -2.32. The number of benzene rings is 2. The Hall–Kier alpha value is -5.78. The van der Waals surface area contributed by atoms with Crippen LogP contribution in [-0.4, -0.2) is 177 Å². The molecule has 4 aromatic rings. The van der Waals surface area contributed by atoms with Crippen molar-refractivity contribution < 1.29 is 38.6 Å². The van der Waals surface area contributed by atoms with E-state index in [9.17, 15) is 33.9 Å². The molecule has 22 heteroatoms. The lowest BCUT2D eigenvalue weighted by molar-refractivity contribution is -0.145. The zero-order valence-corrected chi connectivity index (χ0v) is 47.7. The van der Waals surface area contributed by atoms with Crippen LogP contribution in [0.1, 0.15) is 75.9 Å². The molecule has 4 rings (SSSR count). The van der Waals surface area contributed by atoms with Crippen LogP contribution >= 0.6 is 23.5 Å². The van der Waals surface area contributed by atoms with Crippen LogP contribution in [0.5, 0.6) is 0 Å². The number of rotatable bonds is 36. The Morgan fingerprint density at radius 2 is 1.05 bits per heavy atom. The summed E-state index contributed by atoms with van der Waals surface area (Å²) in [5, 5.41) is 21.3. The third-order valence-corrected chi connectivity index (χ3v) is 14.7. The molecule has 2 aromatic carbocycles. The van der Waals surface area contributed by atoms with Crippen molar-refractivity contribution >= 4 is 59.1 Å². The first-order valence-electron chi connectivity index (χ1n) is 26.5. The smallest absolute Gasteiger partial charge is 0.328 e. The van der Waals surface area contributed by atoms with E-state index in [1.165, 1.54) is 18.9 Å². The van der Waals surface area contributed by atoms with Gasteiger partial charge in [-0.15, -0.1) is 0 Å². The normalized spacial score (nSPS) is 14.4. The maximum absolute atomic E-state index is 13.1. The molecule has 0 spiro atoms. The van der Waals surface area contributed by atoms with Crippen LogP contribution in [0.4, 0.5) is 0 Å². The van der Waals surface area contributed by atoms with E-state index < -0.39 is 36.1 Å². The van der Waals surface area contributed by atoms with Gasteiger partial charge in [0.15, 0.2) is 0 Å². The lowest BCUT2D eigenvalue weighted by atomic mass is 9.97. The average molecular weight is 1110 g/mol. The number of ether oxygens (including phenoxy) is 1. The van der Waals surface area contributed by atoms with Crippen molar-refractivity contribution in [1.82, 2.24) is 51.0 Å². The summed E-state index contributed by atoms with van der Waals surface area (Å²) in [6, 6.07) is 16.5. The van der Waals surface area contributed by atoms with E-state index in [0.29, 0.717) is 64.0 Å².